The summed E-state index contributed by atoms with van der Waals surface area (Å²) in [5.41, 5.74) is 1.24. The maximum atomic E-state index is 4.37. The number of nitrogens with zero attached hydrogens (tertiary/aromatic N) is 4. The summed E-state index contributed by atoms with van der Waals surface area (Å²) in [5, 5.41) is 0.862. The first-order valence-electron chi connectivity index (χ1n) is 7.74. The molecule has 0 radical (unpaired) electrons. The number of aromatic nitrogens is 2. The molecule has 1 aromatic heterocycles. The largest absolute Gasteiger partial charge is 0.299 e. The minimum absolute atomic E-state index is 0.817. The molecular formula is C15H24N4S2. The van der Waals surface area contributed by atoms with E-state index in [0.29, 0.717) is 0 Å². The molecule has 1 aromatic rings. The number of thioether (sulfide) groups is 2. The molecule has 4 nitrogen and oxygen atoms in total. The Morgan fingerprint density at radius 2 is 1.81 bits per heavy atom. The zero-order valence-electron chi connectivity index (χ0n) is 12.7. The van der Waals surface area contributed by atoms with Crippen LogP contribution >= 0.6 is 23.5 Å². The molecule has 0 N–H and O–H groups in total. The molecule has 2 aliphatic rings. The summed E-state index contributed by atoms with van der Waals surface area (Å²) in [7, 11) is 0. The monoisotopic (exact) mass is 324 g/mol. The molecule has 2 fully saturated rings. The molecule has 0 saturated carbocycles. The van der Waals surface area contributed by atoms with Crippen LogP contribution in [0.3, 0.4) is 0 Å². The van der Waals surface area contributed by atoms with Crippen LogP contribution in [0.5, 0.6) is 0 Å². The van der Waals surface area contributed by atoms with Crippen LogP contribution in [0, 0.1) is 0 Å². The molecule has 3 rings (SSSR count). The summed E-state index contributed by atoms with van der Waals surface area (Å²) in [6.07, 6.45) is 8.60. The van der Waals surface area contributed by atoms with Gasteiger partial charge in [0.1, 0.15) is 0 Å². The molecule has 21 heavy (non-hydrogen) atoms. The third-order valence-corrected chi connectivity index (χ3v) is 5.91. The third kappa shape index (κ3) is 4.34. The fraction of sp³-hybridized carbons (Fsp3) is 0.733. The highest BCUT2D eigenvalue weighted by Gasteiger charge is 2.25. The molecule has 0 aliphatic carbocycles. The van der Waals surface area contributed by atoms with Crippen LogP contribution in [-0.4, -0.2) is 69.8 Å². The molecule has 0 aromatic carbocycles. The van der Waals surface area contributed by atoms with Gasteiger partial charge in [-0.15, -0.1) is 0 Å². The van der Waals surface area contributed by atoms with E-state index in [0.717, 1.165) is 17.7 Å². The molecule has 0 bridgehead atoms. The SMILES string of the molecule is CSc1ncc(CN2CCC(N3CCSCC3)CC2)cn1. The lowest BCUT2D eigenvalue weighted by Crippen LogP contribution is -2.47. The number of piperidine rings is 1. The van der Waals surface area contributed by atoms with Gasteiger partial charge in [-0.1, -0.05) is 11.8 Å². The number of rotatable bonds is 4. The van der Waals surface area contributed by atoms with E-state index in [2.05, 4.69) is 31.5 Å². The highest BCUT2D eigenvalue weighted by molar-refractivity contribution is 7.99. The minimum Gasteiger partial charge on any atom is -0.299 e. The normalized spacial score (nSPS) is 22.5. The maximum absolute atomic E-state index is 4.37. The topological polar surface area (TPSA) is 32.3 Å². The predicted octanol–water partition coefficient (Wildman–Crippen LogP) is 2.21. The van der Waals surface area contributed by atoms with Crippen molar-refractivity contribution in [1.82, 2.24) is 19.8 Å². The van der Waals surface area contributed by atoms with Gasteiger partial charge < -0.3 is 0 Å². The molecule has 2 aliphatic heterocycles. The molecule has 0 unspecified atom stereocenters. The van der Waals surface area contributed by atoms with Gasteiger partial charge in [-0.05, 0) is 32.2 Å². The Balaban J connectivity index is 1.46. The standard InChI is InChI=1S/C15H24N4S2/c1-20-15-16-10-13(11-17-15)12-18-4-2-14(3-5-18)19-6-8-21-9-7-19/h10-11,14H,2-9,12H2,1H3. The Morgan fingerprint density at radius 3 is 2.43 bits per heavy atom. The van der Waals surface area contributed by atoms with E-state index in [1.54, 1.807) is 11.8 Å². The summed E-state index contributed by atoms with van der Waals surface area (Å²) in [6, 6.07) is 0.817. The minimum atomic E-state index is 0.817. The summed E-state index contributed by atoms with van der Waals surface area (Å²) < 4.78 is 0. The first kappa shape index (κ1) is 15.6. The van der Waals surface area contributed by atoms with E-state index >= 15 is 0 Å². The van der Waals surface area contributed by atoms with Crippen molar-refractivity contribution in [3.8, 4) is 0 Å². The smallest absolute Gasteiger partial charge is 0.187 e. The van der Waals surface area contributed by atoms with Crippen LogP contribution in [0.1, 0.15) is 18.4 Å². The summed E-state index contributed by atoms with van der Waals surface area (Å²) in [4.78, 5) is 14.0. The second kappa shape index (κ2) is 7.81. The summed E-state index contributed by atoms with van der Waals surface area (Å²) in [6.45, 7) is 5.99. The summed E-state index contributed by atoms with van der Waals surface area (Å²) in [5.74, 6) is 2.64. The van der Waals surface area contributed by atoms with E-state index in [1.165, 1.54) is 56.1 Å². The Hall–Kier alpha value is -0.300. The van der Waals surface area contributed by atoms with Gasteiger partial charge in [-0.25, -0.2) is 9.97 Å². The lowest BCUT2D eigenvalue weighted by molar-refractivity contribution is 0.112. The van der Waals surface area contributed by atoms with Gasteiger partial charge in [0.05, 0.1) is 0 Å². The summed E-state index contributed by atoms with van der Waals surface area (Å²) >= 11 is 3.70. The highest BCUT2D eigenvalue weighted by Crippen LogP contribution is 2.21. The molecule has 0 atom stereocenters. The van der Waals surface area contributed by atoms with Crippen LogP contribution in [0.2, 0.25) is 0 Å². The van der Waals surface area contributed by atoms with Gasteiger partial charge in [-0.3, -0.25) is 9.80 Å². The Labute approximate surface area is 136 Å². The lowest BCUT2D eigenvalue weighted by atomic mass is 10.0. The van der Waals surface area contributed by atoms with Crippen molar-refractivity contribution in [3.05, 3.63) is 18.0 Å². The lowest BCUT2D eigenvalue weighted by Gasteiger charge is -2.40. The maximum Gasteiger partial charge on any atom is 0.187 e. The molecular weight excluding hydrogens is 300 g/mol. The van der Waals surface area contributed by atoms with Gasteiger partial charge in [-0.2, -0.15) is 11.8 Å². The first-order valence-corrected chi connectivity index (χ1v) is 10.1. The Kier molecular flexibility index (Phi) is 5.80. The first-order chi connectivity index (χ1) is 10.3. The highest BCUT2D eigenvalue weighted by atomic mass is 32.2. The van der Waals surface area contributed by atoms with Gasteiger partial charge in [0, 0.05) is 55.1 Å². The van der Waals surface area contributed by atoms with Crippen LogP contribution in [0.25, 0.3) is 0 Å². The van der Waals surface area contributed by atoms with E-state index in [4.69, 9.17) is 0 Å². The van der Waals surface area contributed by atoms with Crippen molar-refractivity contribution < 1.29 is 0 Å². The van der Waals surface area contributed by atoms with Gasteiger partial charge >= 0.3 is 0 Å². The van der Waals surface area contributed by atoms with Crippen LogP contribution in [0.4, 0.5) is 0 Å². The average Bonchev–Trinajstić information content (AvgIpc) is 2.57. The zero-order chi connectivity index (χ0) is 14.5. The number of hydrogen-bond donors (Lipinski definition) is 0. The molecule has 0 amide bonds. The van der Waals surface area contributed by atoms with Crippen molar-refractivity contribution in [2.24, 2.45) is 0 Å². The van der Waals surface area contributed by atoms with Crippen molar-refractivity contribution in [1.29, 1.82) is 0 Å². The number of hydrogen-bond acceptors (Lipinski definition) is 6. The van der Waals surface area contributed by atoms with Crippen LogP contribution in [-0.2, 0) is 6.54 Å². The molecule has 0 spiro atoms. The van der Waals surface area contributed by atoms with Crippen LogP contribution in [0.15, 0.2) is 17.6 Å². The third-order valence-electron chi connectivity index (χ3n) is 4.39. The van der Waals surface area contributed by atoms with Gasteiger partial charge in [0.15, 0.2) is 5.16 Å². The van der Waals surface area contributed by atoms with Crippen molar-refractivity contribution in [3.63, 3.8) is 0 Å². The fourth-order valence-corrected chi connectivity index (χ4v) is 4.42. The predicted molar refractivity (Wildman–Crippen MR) is 91.0 cm³/mol. The molecule has 116 valence electrons. The Bertz CT molecular complexity index is 426. The average molecular weight is 325 g/mol. The second-order valence-corrected chi connectivity index (χ2v) is 7.73. The van der Waals surface area contributed by atoms with E-state index < -0.39 is 0 Å². The van der Waals surface area contributed by atoms with E-state index in [9.17, 15) is 0 Å². The van der Waals surface area contributed by atoms with Crippen molar-refractivity contribution >= 4 is 23.5 Å². The Morgan fingerprint density at radius 1 is 1.14 bits per heavy atom. The quantitative estimate of drug-likeness (QED) is 0.624. The molecule has 6 heteroatoms. The van der Waals surface area contributed by atoms with E-state index in [-0.39, 0.29) is 0 Å². The van der Waals surface area contributed by atoms with Gasteiger partial charge in [0.25, 0.3) is 0 Å². The number of likely N-dealkylation sites (tertiary alicyclic amines) is 1. The van der Waals surface area contributed by atoms with Crippen LogP contribution < -0.4 is 0 Å². The zero-order valence-corrected chi connectivity index (χ0v) is 14.3. The van der Waals surface area contributed by atoms with Crippen molar-refractivity contribution in [2.75, 3.05) is 43.9 Å². The molecule has 2 saturated heterocycles. The molecule has 3 heterocycles. The van der Waals surface area contributed by atoms with Crippen molar-refractivity contribution in [2.45, 2.75) is 30.6 Å². The fourth-order valence-electron chi connectivity index (χ4n) is 3.17. The van der Waals surface area contributed by atoms with E-state index in [1.807, 2.05) is 18.6 Å². The van der Waals surface area contributed by atoms with Gasteiger partial charge in [0.2, 0.25) is 0 Å². The second-order valence-electron chi connectivity index (χ2n) is 5.73.